The van der Waals surface area contributed by atoms with Crippen LogP contribution in [0.15, 0.2) is 45.3 Å². The fourth-order valence-corrected chi connectivity index (χ4v) is 3.07. The van der Waals surface area contributed by atoms with Crippen molar-refractivity contribution in [3.05, 3.63) is 56.5 Å². The number of aromatic nitrogens is 2. The Morgan fingerprint density at radius 3 is 2.70 bits per heavy atom. The molecule has 0 radical (unpaired) electrons. The zero-order valence-corrected chi connectivity index (χ0v) is 11.2. The molecule has 0 amide bonds. The van der Waals surface area contributed by atoms with Crippen LogP contribution in [-0.4, -0.2) is 9.55 Å². The molecule has 2 aromatic heterocycles. The average molecular weight is 282 g/mol. The number of aromatic amines is 1. The highest BCUT2D eigenvalue weighted by atomic mass is 32.1. The third-order valence-corrected chi connectivity index (χ3v) is 3.95. The third-order valence-electron chi connectivity index (χ3n) is 3.05. The lowest BCUT2D eigenvalue weighted by Crippen LogP contribution is -2.34. The van der Waals surface area contributed by atoms with Crippen LogP contribution in [0.5, 0.6) is 0 Å². The molecular weight excluding hydrogens is 272 g/mol. The number of benzene rings is 1. The molecule has 3 aromatic rings. The summed E-state index contributed by atoms with van der Waals surface area (Å²) in [6, 6.07) is 9.58. The van der Waals surface area contributed by atoms with Gasteiger partial charge >= 0.3 is 5.69 Å². The summed E-state index contributed by atoms with van der Waals surface area (Å²) in [6.45, 7) is -0.0335. The summed E-state index contributed by atoms with van der Waals surface area (Å²) in [7, 11) is 0. The van der Waals surface area contributed by atoms with Crippen LogP contribution < -0.4 is 11.2 Å². The summed E-state index contributed by atoms with van der Waals surface area (Å²) in [4.78, 5) is 27.5. The van der Waals surface area contributed by atoms with Crippen LogP contribution in [0.2, 0.25) is 0 Å². The highest BCUT2D eigenvalue weighted by Crippen LogP contribution is 2.29. The largest absolute Gasteiger partial charge is 0.330 e. The molecule has 0 aliphatic heterocycles. The second-order valence-corrected chi connectivity index (χ2v) is 5.12. The maximum Gasteiger partial charge on any atom is 0.330 e. The van der Waals surface area contributed by atoms with Crippen molar-refractivity contribution in [1.29, 1.82) is 0 Å². The Morgan fingerprint density at radius 1 is 1.25 bits per heavy atom. The Morgan fingerprint density at radius 2 is 2.00 bits per heavy atom. The molecule has 0 unspecified atom stereocenters. The van der Waals surface area contributed by atoms with Gasteiger partial charge in [0.25, 0.3) is 5.56 Å². The first-order chi connectivity index (χ1) is 9.72. The zero-order chi connectivity index (χ0) is 14.1. The van der Waals surface area contributed by atoms with E-state index in [2.05, 4.69) is 10.9 Å². The van der Waals surface area contributed by atoms with Crippen LogP contribution in [0.3, 0.4) is 0 Å². The van der Waals surface area contributed by atoms with Gasteiger partial charge in [0, 0.05) is 10.9 Å². The average Bonchev–Trinajstić information content (AvgIpc) is 2.88. The van der Waals surface area contributed by atoms with Crippen molar-refractivity contribution < 1.29 is 0 Å². The molecule has 0 saturated heterocycles. The number of H-pyrrole nitrogens is 1. The lowest BCUT2D eigenvalue weighted by atomic mass is 10.1. The van der Waals surface area contributed by atoms with Crippen molar-refractivity contribution >= 4 is 21.6 Å². The second-order valence-electron chi connectivity index (χ2n) is 4.25. The van der Waals surface area contributed by atoms with E-state index < -0.39 is 5.69 Å². The molecule has 2 heterocycles. The van der Waals surface area contributed by atoms with E-state index in [1.807, 2.05) is 35.7 Å². The predicted octanol–water partition coefficient (Wildman–Crippen LogP) is 2.05. The third kappa shape index (κ3) is 1.87. The lowest BCUT2D eigenvalue weighted by Gasteiger charge is -2.02. The maximum atomic E-state index is 12.4. The van der Waals surface area contributed by atoms with Crippen molar-refractivity contribution in [1.82, 2.24) is 9.55 Å². The van der Waals surface area contributed by atoms with Crippen LogP contribution in [0, 0.1) is 12.3 Å². The van der Waals surface area contributed by atoms with Crippen LogP contribution in [0.25, 0.3) is 21.3 Å². The van der Waals surface area contributed by atoms with Gasteiger partial charge in [-0.25, -0.2) is 9.36 Å². The van der Waals surface area contributed by atoms with Gasteiger partial charge < -0.3 is 0 Å². The van der Waals surface area contributed by atoms with E-state index in [1.165, 1.54) is 11.3 Å². The number of hydrogen-bond donors (Lipinski definition) is 1. The number of nitrogens with one attached hydrogen (secondary N) is 1. The summed E-state index contributed by atoms with van der Waals surface area (Å²) in [5.41, 5.74) is 0.941. The number of fused-ring (bicyclic) bond motifs is 1. The van der Waals surface area contributed by atoms with Crippen molar-refractivity contribution in [3.63, 3.8) is 0 Å². The first kappa shape index (κ1) is 12.5. The van der Waals surface area contributed by atoms with Gasteiger partial charge in [0.1, 0.15) is 4.83 Å². The quantitative estimate of drug-likeness (QED) is 0.731. The van der Waals surface area contributed by atoms with Gasteiger partial charge in [-0.15, -0.1) is 17.8 Å². The monoisotopic (exact) mass is 282 g/mol. The Bertz CT molecular complexity index is 926. The number of terminal acetylenes is 1. The minimum Gasteiger partial charge on any atom is -0.298 e. The Balaban J connectivity index is 2.38. The van der Waals surface area contributed by atoms with Crippen molar-refractivity contribution in [3.8, 4) is 23.5 Å². The number of hydrogen-bond acceptors (Lipinski definition) is 3. The fourth-order valence-electron chi connectivity index (χ4n) is 2.12. The van der Waals surface area contributed by atoms with Crippen LogP contribution in [0.1, 0.15) is 0 Å². The summed E-state index contributed by atoms with van der Waals surface area (Å²) in [5.74, 6) is 2.33. The molecule has 0 atom stereocenters. The number of nitrogens with zero attached hydrogens (tertiary/aromatic N) is 1. The normalized spacial score (nSPS) is 10.6. The molecule has 0 aliphatic carbocycles. The molecule has 1 aromatic carbocycles. The molecule has 4 nitrogen and oxygen atoms in total. The van der Waals surface area contributed by atoms with Gasteiger partial charge in [-0.1, -0.05) is 36.3 Å². The fraction of sp³-hybridized carbons (Fsp3) is 0.0667. The van der Waals surface area contributed by atoms with Gasteiger partial charge in [-0.2, -0.15) is 0 Å². The SMILES string of the molecule is C#CCn1c(=O)[nH]c2scc(-c3ccccc3)c2c1=O. The molecule has 0 saturated carbocycles. The van der Waals surface area contributed by atoms with E-state index in [0.717, 1.165) is 15.7 Å². The molecular formula is C15H10N2O2S. The Hall–Kier alpha value is -2.58. The number of rotatable bonds is 2. The van der Waals surface area contributed by atoms with E-state index in [-0.39, 0.29) is 12.1 Å². The van der Waals surface area contributed by atoms with E-state index in [1.54, 1.807) is 0 Å². The van der Waals surface area contributed by atoms with Crippen molar-refractivity contribution in [2.75, 3.05) is 0 Å². The van der Waals surface area contributed by atoms with E-state index in [4.69, 9.17) is 6.42 Å². The maximum absolute atomic E-state index is 12.4. The minimum absolute atomic E-state index is 0.0335. The van der Waals surface area contributed by atoms with Crippen LogP contribution in [-0.2, 0) is 6.54 Å². The van der Waals surface area contributed by atoms with Crippen molar-refractivity contribution in [2.45, 2.75) is 6.54 Å². The Kier molecular flexibility index (Phi) is 3.01. The van der Waals surface area contributed by atoms with Gasteiger partial charge in [-0.3, -0.25) is 9.78 Å². The van der Waals surface area contributed by atoms with Crippen LogP contribution in [0.4, 0.5) is 0 Å². The van der Waals surface area contributed by atoms with Crippen LogP contribution >= 0.6 is 11.3 Å². The first-order valence-electron chi connectivity index (χ1n) is 5.95. The zero-order valence-electron chi connectivity index (χ0n) is 10.4. The highest BCUT2D eigenvalue weighted by molar-refractivity contribution is 7.17. The molecule has 20 heavy (non-hydrogen) atoms. The first-order valence-corrected chi connectivity index (χ1v) is 6.83. The van der Waals surface area contributed by atoms with E-state index in [9.17, 15) is 9.59 Å². The number of thiophene rings is 1. The summed E-state index contributed by atoms with van der Waals surface area (Å²) in [6.07, 6.45) is 5.21. The molecule has 0 bridgehead atoms. The molecule has 0 spiro atoms. The molecule has 5 heteroatoms. The highest BCUT2D eigenvalue weighted by Gasteiger charge is 2.14. The van der Waals surface area contributed by atoms with E-state index in [0.29, 0.717) is 10.2 Å². The smallest absolute Gasteiger partial charge is 0.298 e. The molecule has 0 fully saturated rings. The summed E-state index contributed by atoms with van der Waals surface area (Å²) < 4.78 is 1.04. The second kappa shape index (κ2) is 4.83. The van der Waals surface area contributed by atoms with Gasteiger partial charge in [0.05, 0.1) is 11.9 Å². The molecule has 3 rings (SSSR count). The standard InChI is InChI=1S/C15H10N2O2S/c1-2-8-17-14(18)12-11(10-6-4-3-5-7-10)9-20-13(12)16-15(17)19/h1,3-7,9H,8H2,(H,16,19). The summed E-state index contributed by atoms with van der Waals surface area (Å²) >= 11 is 1.34. The molecule has 1 N–H and O–H groups in total. The summed E-state index contributed by atoms with van der Waals surface area (Å²) in [5, 5.41) is 2.38. The topological polar surface area (TPSA) is 54.9 Å². The van der Waals surface area contributed by atoms with E-state index >= 15 is 0 Å². The minimum atomic E-state index is -0.470. The molecule has 98 valence electrons. The van der Waals surface area contributed by atoms with Gasteiger partial charge in [0.2, 0.25) is 0 Å². The molecule has 0 aliphatic rings. The lowest BCUT2D eigenvalue weighted by molar-refractivity contribution is 0.743. The predicted molar refractivity (Wildman–Crippen MR) is 81.0 cm³/mol. The Labute approximate surface area is 118 Å². The van der Waals surface area contributed by atoms with Gasteiger partial charge in [-0.05, 0) is 5.56 Å². The van der Waals surface area contributed by atoms with Crippen molar-refractivity contribution in [2.24, 2.45) is 0 Å². The van der Waals surface area contributed by atoms with Gasteiger partial charge in [0.15, 0.2) is 0 Å².